The van der Waals surface area contributed by atoms with Gasteiger partial charge in [-0.15, -0.1) is 0 Å². The maximum absolute atomic E-state index is 13.6. The van der Waals surface area contributed by atoms with Crippen LogP contribution in [0.1, 0.15) is 22.7 Å². The van der Waals surface area contributed by atoms with E-state index in [9.17, 15) is 10.1 Å². The summed E-state index contributed by atoms with van der Waals surface area (Å²) in [6, 6.07) is 9.01. The van der Waals surface area contributed by atoms with Gasteiger partial charge in [-0.25, -0.2) is 0 Å². The summed E-state index contributed by atoms with van der Waals surface area (Å²) in [6.45, 7) is 6.13. The van der Waals surface area contributed by atoms with Crippen LogP contribution < -0.4 is 16.0 Å². The predicted molar refractivity (Wildman–Crippen MR) is 118 cm³/mol. The van der Waals surface area contributed by atoms with Gasteiger partial charge in [0.15, 0.2) is 0 Å². The fourth-order valence-electron chi connectivity index (χ4n) is 4.08. The summed E-state index contributed by atoms with van der Waals surface area (Å²) in [5.41, 5.74) is 7.58. The van der Waals surface area contributed by atoms with E-state index in [1.165, 1.54) is 0 Å². The molecule has 1 fully saturated rings. The van der Waals surface area contributed by atoms with Gasteiger partial charge >= 0.3 is 0 Å². The van der Waals surface area contributed by atoms with Gasteiger partial charge in [0.1, 0.15) is 17.4 Å². The van der Waals surface area contributed by atoms with Crippen molar-refractivity contribution < 1.29 is 9.47 Å². The molecule has 0 aliphatic carbocycles. The van der Waals surface area contributed by atoms with Crippen molar-refractivity contribution in [2.24, 2.45) is 5.73 Å². The third-order valence-corrected chi connectivity index (χ3v) is 6.56. The van der Waals surface area contributed by atoms with Gasteiger partial charge in [-0.2, -0.15) is 5.26 Å². The van der Waals surface area contributed by atoms with Crippen molar-refractivity contribution in [1.29, 1.82) is 5.26 Å². The van der Waals surface area contributed by atoms with Crippen molar-refractivity contribution in [3.63, 3.8) is 0 Å². The van der Waals surface area contributed by atoms with E-state index in [2.05, 4.69) is 11.0 Å². The Hall–Kier alpha value is -2.50. The maximum atomic E-state index is 13.6. The van der Waals surface area contributed by atoms with Crippen molar-refractivity contribution in [2.45, 2.75) is 19.4 Å². The van der Waals surface area contributed by atoms with Crippen LogP contribution in [0.25, 0.3) is 0 Å². The van der Waals surface area contributed by atoms with Crippen LogP contribution in [0.2, 0.25) is 10.0 Å². The van der Waals surface area contributed by atoms with Crippen LogP contribution in [-0.2, 0) is 11.3 Å². The SMILES string of the molecule is Cc1cc2c(c(=O)n1CCN1CCOCC1)[C@H](c1cccc(Cl)c1Cl)C(C#N)=C(N)O2. The van der Waals surface area contributed by atoms with Gasteiger partial charge in [0.2, 0.25) is 5.88 Å². The lowest BCUT2D eigenvalue weighted by molar-refractivity contribution is 0.0362. The molecular weight excluding hydrogens is 439 g/mol. The molecule has 2 aromatic rings. The Balaban J connectivity index is 1.82. The van der Waals surface area contributed by atoms with E-state index in [4.69, 9.17) is 38.4 Å². The molecule has 4 rings (SSSR count). The van der Waals surface area contributed by atoms with E-state index in [0.29, 0.717) is 41.7 Å². The lowest BCUT2D eigenvalue weighted by atomic mass is 9.84. The normalized spacial score (nSPS) is 19.0. The Morgan fingerprint density at radius 2 is 2.00 bits per heavy atom. The van der Waals surface area contributed by atoms with Gasteiger partial charge in [-0.05, 0) is 18.6 Å². The van der Waals surface area contributed by atoms with Crippen LogP contribution in [0.3, 0.4) is 0 Å². The smallest absolute Gasteiger partial charge is 0.258 e. The zero-order valence-corrected chi connectivity index (χ0v) is 18.5. The maximum Gasteiger partial charge on any atom is 0.258 e. The zero-order valence-electron chi connectivity index (χ0n) is 17.0. The minimum Gasteiger partial charge on any atom is -0.440 e. The monoisotopic (exact) mass is 460 g/mol. The fourth-order valence-corrected chi connectivity index (χ4v) is 4.50. The van der Waals surface area contributed by atoms with E-state index < -0.39 is 5.92 Å². The summed E-state index contributed by atoms with van der Waals surface area (Å²) in [6.07, 6.45) is 0. The van der Waals surface area contributed by atoms with Crippen LogP contribution in [0.4, 0.5) is 0 Å². The van der Waals surface area contributed by atoms with Gasteiger partial charge in [-0.3, -0.25) is 9.69 Å². The topological polar surface area (TPSA) is 93.5 Å². The van der Waals surface area contributed by atoms with Gasteiger partial charge in [-0.1, -0.05) is 35.3 Å². The molecule has 1 saturated heterocycles. The first kappa shape index (κ1) is 21.7. The average Bonchev–Trinajstić information content (AvgIpc) is 2.75. The van der Waals surface area contributed by atoms with Gasteiger partial charge < -0.3 is 19.8 Å². The Labute approximate surface area is 190 Å². The number of hydrogen-bond acceptors (Lipinski definition) is 6. The third kappa shape index (κ3) is 4.04. The fraction of sp³-hybridized carbons (Fsp3) is 0.364. The second-order valence-electron chi connectivity index (χ2n) is 7.54. The molecule has 3 heterocycles. The summed E-state index contributed by atoms with van der Waals surface area (Å²) >= 11 is 12.7. The number of ether oxygens (including phenoxy) is 2. The van der Waals surface area contributed by atoms with Crippen LogP contribution >= 0.6 is 23.2 Å². The molecule has 0 amide bonds. The number of halogens is 2. The second kappa shape index (κ2) is 8.93. The Morgan fingerprint density at radius 1 is 1.26 bits per heavy atom. The minimum absolute atomic E-state index is 0.0408. The summed E-state index contributed by atoms with van der Waals surface area (Å²) in [5.74, 6) is -0.466. The van der Waals surface area contributed by atoms with Gasteiger partial charge in [0.05, 0.1) is 34.7 Å². The lowest BCUT2D eigenvalue weighted by Gasteiger charge is -2.29. The first-order valence-corrected chi connectivity index (χ1v) is 10.7. The van der Waals surface area contributed by atoms with E-state index >= 15 is 0 Å². The molecule has 2 aliphatic heterocycles. The molecule has 0 unspecified atom stereocenters. The van der Waals surface area contributed by atoms with Crippen molar-refractivity contribution in [2.75, 3.05) is 32.8 Å². The molecule has 2 aliphatic rings. The highest BCUT2D eigenvalue weighted by molar-refractivity contribution is 6.42. The standard InChI is InChI=1S/C22H22Cl2N4O3/c1-13-11-17-19(22(29)28(13)6-5-27-7-9-30-10-8-27)18(15(12-25)21(26)31-17)14-3-2-4-16(23)20(14)24/h2-4,11,18H,5-10,26H2,1H3/t18-/m1/s1. The number of hydrogen-bond donors (Lipinski definition) is 1. The highest BCUT2D eigenvalue weighted by Gasteiger charge is 2.35. The molecule has 0 radical (unpaired) electrons. The first-order valence-electron chi connectivity index (χ1n) is 9.98. The van der Waals surface area contributed by atoms with Gasteiger partial charge in [0, 0.05) is 37.9 Å². The Morgan fingerprint density at radius 3 is 2.71 bits per heavy atom. The number of allylic oxidation sites excluding steroid dienone is 1. The molecular formula is C22H22Cl2N4O3. The number of nitrogens with zero attached hydrogens (tertiary/aromatic N) is 3. The van der Waals surface area contributed by atoms with Crippen molar-refractivity contribution in [3.8, 4) is 11.8 Å². The van der Waals surface area contributed by atoms with Gasteiger partial charge in [0.25, 0.3) is 5.56 Å². The number of benzene rings is 1. The van der Waals surface area contributed by atoms with E-state index in [0.717, 1.165) is 25.3 Å². The molecule has 0 bridgehead atoms. The minimum atomic E-state index is -0.761. The summed E-state index contributed by atoms with van der Waals surface area (Å²) in [7, 11) is 0. The largest absolute Gasteiger partial charge is 0.440 e. The van der Waals surface area contributed by atoms with Crippen LogP contribution in [0.15, 0.2) is 40.5 Å². The number of nitrogens with two attached hydrogens (primary N) is 1. The summed E-state index contributed by atoms with van der Waals surface area (Å²) in [4.78, 5) is 15.9. The van der Waals surface area contributed by atoms with E-state index in [1.807, 2.05) is 6.92 Å². The third-order valence-electron chi connectivity index (χ3n) is 5.73. The molecule has 2 N–H and O–H groups in total. The van der Waals surface area contributed by atoms with E-state index in [-0.39, 0.29) is 22.0 Å². The van der Waals surface area contributed by atoms with Crippen LogP contribution in [0.5, 0.6) is 5.75 Å². The highest BCUT2D eigenvalue weighted by Crippen LogP contribution is 2.44. The molecule has 1 aromatic carbocycles. The Bertz CT molecular complexity index is 1150. The number of pyridine rings is 1. The summed E-state index contributed by atoms with van der Waals surface area (Å²) in [5, 5.41) is 10.4. The Kier molecular flexibility index (Phi) is 6.26. The molecule has 162 valence electrons. The average molecular weight is 461 g/mol. The quantitative estimate of drug-likeness (QED) is 0.753. The number of fused-ring (bicyclic) bond motifs is 1. The predicted octanol–water partition coefficient (Wildman–Crippen LogP) is 3.01. The van der Waals surface area contributed by atoms with Crippen LogP contribution in [-0.4, -0.2) is 42.3 Å². The number of nitriles is 1. The molecule has 1 atom stereocenters. The molecule has 0 spiro atoms. The number of aryl methyl sites for hydroxylation is 1. The molecule has 7 nitrogen and oxygen atoms in total. The second-order valence-corrected chi connectivity index (χ2v) is 8.33. The van der Waals surface area contributed by atoms with E-state index in [1.54, 1.807) is 28.8 Å². The number of aromatic nitrogens is 1. The molecule has 31 heavy (non-hydrogen) atoms. The highest BCUT2D eigenvalue weighted by atomic mass is 35.5. The number of morpholine rings is 1. The molecule has 1 aromatic heterocycles. The number of rotatable bonds is 4. The van der Waals surface area contributed by atoms with Crippen LogP contribution in [0, 0.1) is 18.3 Å². The lowest BCUT2D eigenvalue weighted by Crippen LogP contribution is -2.40. The van der Waals surface area contributed by atoms with Crippen molar-refractivity contribution >= 4 is 23.2 Å². The van der Waals surface area contributed by atoms with Crippen molar-refractivity contribution in [3.05, 3.63) is 72.9 Å². The zero-order chi connectivity index (χ0) is 22.1. The molecule has 0 saturated carbocycles. The van der Waals surface area contributed by atoms with Crippen molar-refractivity contribution in [1.82, 2.24) is 9.47 Å². The molecule has 9 heteroatoms. The first-order chi connectivity index (χ1) is 14.9. The summed E-state index contributed by atoms with van der Waals surface area (Å²) < 4.78 is 12.8.